The zero-order valence-electron chi connectivity index (χ0n) is 13.9. The molecule has 0 saturated carbocycles. The van der Waals surface area contributed by atoms with Crippen molar-refractivity contribution < 1.29 is 9.53 Å². The van der Waals surface area contributed by atoms with E-state index in [1.54, 1.807) is 0 Å². The molecule has 6 nitrogen and oxygen atoms in total. The fraction of sp³-hybridized carbons (Fsp3) is 0.333. The van der Waals surface area contributed by atoms with E-state index in [0.717, 1.165) is 49.1 Å². The van der Waals surface area contributed by atoms with Crippen LogP contribution in [0.2, 0.25) is 0 Å². The minimum Gasteiger partial charge on any atom is -0.379 e. The number of ether oxygens (including phenoxy) is 1. The quantitative estimate of drug-likeness (QED) is 0.761. The summed E-state index contributed by atoms with van der Waals surface area (Å²) in [5.41, 5.74) is 2.33. The van der Waals surface area contributed by atoms with E-state index >= 15 is 0 Å². The normalized spacial score (nSPS) is 15.5. The second-order valence-electron chi connectivity index (χ2n) is 5.94. The Morgan fingerprint density at radius 3 is 2.84 bits per heavy atom. The maximum Gasteiger partial charge on any atom is 0.272 e. The summed E-state index contributed by atoms with van der Waals surface area (Å²) in [7, 11) is 0. The van der Waals surface area contributed by atoms with Gasteiger partial charge in [-0.1, -0.05) is 30.3 Å². The van der Waals surface area contributed by atoms with Crippen LogP contribution >= 0.6 is 11.3 Å². The van der Waals surface area contributed by atoms with Crippen molar-refractivity contribution in [2.24, 2.45) is 0 Å². The highest BCUT2D eigenvalue weighted by Crippen LogP contribution is 2.27. The van der Waals surface area contributed by atoms with E-state index in [0.29, 0.717) is 12.2 Å². The molecule has 0 bridgehead atoms. The number of hydrogen-bond acceptors (Lipinski definition) is 5. The van der Waals surface area contributed by atoms with Crippen molar-refractivity contribution in [1.82, 2.24) is 19.6 Å². The van der Waals surface area contributed by atoms with E-state index in [4.69, 9.17) is 4.74 Å². The largest absolute Gasteiger partial charge is 0.379 e. The highest BCUT2D eigenvalue weighted by Gasteiger charge is 2.21. The number of aromatic nitrogens is 2. The van der Waals surface area contributed by atoms with Gasteiger partial charge in [0.1, 0.15) is 0 Å². The van der Waals surface area contributed by atoms with Gasteiger partial charge in [-0.15, -0.1) is 11.3 Å². The molecule has 130 valence electrons. The molecule has 0 radical (unpaired) electrons. The zero-order chi connectivity index (χ0) is 17.1. The molecule has 1 fully saturated rings. The van der Waals surface area contributed by atoms with Gasteiger partial charge in [0.25, 0.3) is 5.91 Å². The molecule has 2 aromatic heterocycles. The van der Waals surface area contributed by atoms with Crippen molar-refractivity contribution in [1.29, 1.82) is 0 Å². The van der Waals surface area contributed by atoms with Gasteiger partial charge in [0.2, 0.25) is 0 Å². The highest BCUT2D eigenvalue weighted by molar-refractivity contribution is 7.15. The molecule has 1 N–H and O–H groups in total. The summed E-state index contributed by atoms with van der Waals surface area (Å²) in [5, 5.41) is 5.00. The fourth-order valence-electron chi connectivity index (χ4n) is 3.05. The molecule has 3 heterocycles. The highest BCUT2D eigenvalue weighted by atomic mass is 32.1. The third-order valence-electron chi connectivity index (χ3n) is 4.34. The average molecular weight is 356 g/mol. The summed E-state index contributed by atoms with van der Waals surface area (Å²) in [6.45, 7) is 4.82. The summed E-state index contributed by atoms with van der Waals surface area (Å²) in [4.78, 5) is 20.4. The van der Waals surface area contributed by atoms with Crippen molar-refractivity contribution in [3.8, 4) is 11.3 Å². The van der Waals surface area contributed by atoms with Crippen LogP contribution < -0.4 is 5.32 Å². The Hall–Kier alpha value is -2.22. The Morgan fingerprint density at radius 2 is 2.04 bits per heavy atom. The van der Waals surface area contributed by atoms with Gasteiger partial charge >= 0.3 is 0 Å². The number of hydrogen-bond donors (Lipinski definition) is 1. The maximum absolute atomic E-state index is 12.7. The maximum atomic E-state index is 12.7. The molecule has 0 aliphatic carbocycles. The van der Waals surface area contributed by atoms with Crippen LogP contribution in [-0.4, -0.2) is 59.6 Å². The third kappa shape index (κ3) is 3.44. The number of morpholine rings is 1. The molecule has 7 heteroatoms. The first-order valence-corrected chi connectivity index (χ1v) is 9.30. The van der Waals surface area contributed by atoms with E-state index in [1.807, 2.05) is 46.3 Å². The van der Waals surface area contributed by atoms with Gasteiger partial charge in [0.05, 0.1) is 18.9 Å². The van der Waals surface area contributed by atoms with E-state index in [-0.39, 0.29) is 5.91 Å². The van der Waals surface area contributed by atoms with Crippen molar-refractivity contribution in [3.63, 3.8) is 0 Å². The molecule has 1 saturated heterocycles. The lowest BCUT2D eigenvalue weighted by atomic mass is 10.1. The van der Waals surface area contributed by atoms with Gasteiger partial charge in [0.15, 0.2) is 10.7 Å². The van der Waals surface area contributed by atoms with Crippen LogP contribution in [0.15, 0.2) is 41.9 Å². The molecule has 3 aromatic rings. The van der Waals surface area contributed by atoms with Gasteiger partial charge in [-0.25, -0.2) is 4.98 Å². The van der Waals surface area contributed by atoms with Crippen LogP contribution in [0.3, 0.4) is 0 Å². The van der Waals surface area contributed by atoms with E-state index in [2.05, 4.69) is 15.2 Å². The lowest BCUT2D eigenvalue weighted by Gasteiger charge is -2.26. The molecule has 1 amide bonds. The standard InChI is InChI=1S/C18H20N4O2S/c23-17(19-6-7-21-8-11-24-12-9-21)15-16(14-4-2-1-3-5-14)22-10-13-25-18(22)20-15/h1-5,10,13H,6-9,11-12H2,(H,19,23). The van der Waals surface area contributed by atoms with Gasteiger partial charge in [0, 0.05) is 43.3 Å². The van der Waals surface area contributed by atoms with Crippen LogP contribution in [0.1, 0.15) is 10.5 Å². The molecular weight excluding hydrogens is 336 g/mol. The lowest BCUT2D eigenvalue weighted by molar-refractivity contribution is 0.0383. The number of thiazole rings is 1. The number of carbonyl (C=O) groups is 1. The first-order valence-electron chi connectivity index (χ1n) is 8.42. The smallest absolute Gasteiger partial charge is 0.272 e. The molecule has 1 aromatic carbocycles. The Labute approximate surface area is 150 Å². The summed E-state index contributed by atoms with van der Waals surface area (Å²) >= 11 is 1.53. The number of imidazole rings is 1. The number of nitrogens with one attached hydrogen (secondary N) is 1. The lowest BCUT2D eigenvalue weighted by Crippen LogP contribution is -2.41. The predicted molar refractivity (Wildman–Crippen MR) is 98.1 cm³/mol. The molecule has 4 rings (SSSR count). The number of amides is 1. The minimum atomic E-state index is -0.122. The SMILES string of the molecule is O=C(NCCN1CCOCC1)c1nc2sccn2c1-c1ccccc1. The number of benzene rings is 1. The van der Waals surface area contributed by atoms with Crippen molar-refractivity contribution >= 4 is 22.2 Å². The van der Waals surface area contributed by atoms with Gasteiger partial charge < -0.3 is 10.1 Å². The summed E-state index contributed by atoms with van der Waals surface area (Å²) in [6.07, 6.45) is 1.96. The van der Waals surface area contributed by atoms with Gasteiger partial charge in [-0.2, -0.15) is 0 Å². The van der Waals surface area contributed by atoms with Crippen LogP contribution in [0, 0.1) is 0 Å². The summed E-state index contributed by atoms with van der Waals surface area (Å²) < 4.78 is 7.33. The molecule has 1 aliphatic heterocycles. The second-order valence-corrected chi connectivity index (χ2v) is 6.81. The number of carbonyl (C=O) groups excluding carboxylic acids is 1. The molecule has 0 unspecified atom stereocenters. The number of fused-ring (bicyclic) bond motifs is 1. The summed E-state index contributed by atoms with van der Waals surface area (Å²) in [6, 6.07) is 9.93. The Morgan fingerprint density at radius 1 is 1.24 bits per heavy atom. The van der Waals surface area contributed by atoms with Crippen molar-refractivity contribution in [3.05, 3.63) is 47.6 Å². The molecule has 25 heavy (non-hydrogen) atoms. The molecule has 0 atom stereocenters. The Kier molecular flexibility index (Phi) is 4.78. The zero-order valence-corrected chi connectivity index (χ0v) is 14.7. The topological polar surface area (TPSA) is 58.9 Å². The third-order valence-corrected chi connectivity index (χ3v) is 5.10. The summed E-state index contributed by atoms with van der Waals surface area (Å²) in [5.74, 6) is -0.122. The molecular formula is C18H20N4O2S. The van der Waals surface area contributed by atoms with Crippen LogP contribution in [0.4, 0.5) is 0 Å². The van der Waals surface area contributed by atoms with Gasteiger partial charge in [-0.05, 0) is 0 Å². The number of rotatable bonds is 5. The minimum absolute atomic E-state index is 0.122. The van der Waals surface area contributed by atoms with Crippen molar-refractivity contribution in [2.75, 3.05) is 39.4 Å². The van der Waals surface area contributed by atoms with Crippen LogP contribution in [0.25, 0.3) is 16.2 Å². The molecule has 1 aliphatic rings. The van der Waals surface area contributed by atoms with E-state index < -0.39 is 0 Å². The van der Waals surface area contributed by atoms with Crippen LogP contribution in [0.5, 0.6) is 0 Å². The first kappa shape index (κ1) is 16.3. The monoisotopic (exact) mass is 356 g/mol. The second kappa shape index (κ2) is 7.35. The van der Waals surface area contributed by atoms with Gasteiger partial charge in [-0.3, -0.25) is 14.1 Å². The van der Waals surface area contributed by atoms with Crippen molar-refractivity contribution in [2.45, 2.75) is 0 Å². The first-order chi connectivity index (χ1) is 12.3. The average Bonchev–Trinajstić information content (AvgIpc) is 3.24. The predicted octanol–water partition coefficient (Wildman–Crippen LogP) is 2.12. The molecule has 0 spiro atoms. The Balaban J connectivity index is 1.52. The fourth-order valence-corrected chi connectivity index (χ4v) is 3.77. The van der Waals surface area contributed by atoms with Crippen LogP contribution in [-0.2, 0) is 4.74 Å². The van der Waals surface area contributed by atoms with E-state index in [9.17, 15) is 4.79 Å². The number of nitrogens with zero attached hydrogens (tertiary/aromatic N) is 3. The van der Waals surface area contributed by atoms with E-state index in [1.165, 1.54) is 11.3 Å². The Bertz CT molecular complexity index is 852.